The molecular formula is C46H74N6O6S. The van der Waals surface area contributed by atoms with Crippen molar-refractivity contribution in [1.29, 1.82) is 0 Å². The zero-order chi connectivity index (χ0) is 43.5. The lowest BCUT2D eigenvalue weighted by Crippen LogP contribution is -2.63. The van der Waals surface area contributed by atoms with Crippen molar-refractivity contribution in [3.63, 3.8) is 0 Å². The number of urea groups is 1. The van der Waals surface area contributed by atoms with E-state index in [0.29, 0.717) is 25.8 Å². The van der Waals surface area contributed by atoms with Crippen molar-refractivity contribution in [2.45, 2.75) is 156 Å². The summed E-state index contributed by atoms with van der Waals surface area (Å²) in [6.07, 6.45) is 9.26. The predicted octanol–water partition coefficient (Wildman–Crippen LogP) is 6.75. The molecule has 13 heteroatoms. The van der Waals surface area contributed by atoms with E-state index in [1.165, 1.54) is 11.6 Å². The Labute approximate surface area is 356 Å². The number of unbranched alkanes of at least 4 members (excludes halogenated alkanes) is 1. The Morgan fingerprint density at radius 3 is 2.25 bits per heavy atom. The molecule has 1 aromatic rings. The van der Waals surface area contributed by atoms with Crippen LogP contribution in [0.4, 0.5) is 4.79 Å². The van der Waals surface area contributed by atoms with E-state index in [4.69, 9.17) is 4.74 Å². The fourth-order valence-corrected chi connectivity index (χ4v) is 12.1. The van der Waals surface area contributed by atoms with Crippen molar-refractivity contribution in [2.75, 3.05) is 26.7 Å². The van der Waals surface area contributed by atoms with Gasteiger partial charge in [-0.25, -0.2) is 4.79 Å². The van der Waals surface area contributed by atoms with E-state index in [1.54, 1.807) is 12.0 Å². The minimum atomic E-state index is -1.02. The number of hydrogen-bond donors (Lipinski definition) is 4. The molecule has 7 atom stereocenters. The summed E-state index contributed by atoms with van der Waals surface area (Å²) in [6.45, 7) is 22.6. The zero-order valence-corrected chi connectivity index (χ0v) is 38.2. The number of hydrogen-bond acceptors (Lipinski definition) is 7. The van der Waals surface area contributed by atoms with Crippen LogP contribution in [0.1, 0.15) is 125 Å². The smallest absolute Gasteiger partial charge is 0.315 e. The highest BCUT2D eigenvalue weighted by molar-refractivity contribution is 8.13. The van der Waals surface area contributed by atoms with Gasteiger partial charge in [-0.1, -0.05) is 98.8 Å². The monoisotopic (exact) mass is 839 g/mol. The van der Waals surface area contributed by atoms with E-state index in [0.717, 1.165) is 63.8 Å². The molecule has 330 valence electrons. The number of methoxy groups -OCH3 is 1. The molecule has 3 aliphatic rings. The van der Waals surface area contributed by atoms with Crippen LogP contribution in [0.3, 0.4) is 0 Å². The number of rotatable bonds is 18. The second-order valence-electron chi connectivity index (χ2n) is 18.5. The van der Waals surface area contributed by atoms with Gasteiger partial charge in [0.05, 0.1) is 13.2 Å². The summed E-state index contributed by atoms with van der Waals surface area (Å²) in [6, 6.07) is 4.89. The number of benzene rings is 1. The Morgan fingerprint density at radius 1 is 1.00 bits per heavy atom. The molecule has 3 fully saturated rings. The molecule has 1 saturated carbocycles. The maximum absolute atomic E-state index is 15.1. The molecule has 2 saturated heterocycles. The van der Waals surface area contributed by atoms with Crippen LogP contribution in [0.25, 0.3) is 0 Å². The third kappa shape index (κ3) is 12.2. The second-order valence-corrected chi connectivity index (χ2v) is 20.8. The Bertz CT molecular complexity index is 1650. The molecule has 12 nitrogen and oxygen atoms in total. The first kappa shape index (κ1) is 48.0. The van der Waals surface area contributed by atoms with Crippen molar-refractivity contribution in [1.82, 2.24) is 30.5 Å². The van der Waals surface area contributed by atoms with E-state index in [1.807, 2.05) is 32.9 Å². The quantitative estimate of drug-likeness (QED) is 0.0727. The first-order valence-electron chi connectivity index (χ1n) is 22.0. The normalized spacial score (nSPS) is 23.6. The van der Waals surface area contributed by atoms with Gasteiger partial charge in [-0.3, -0.25) is 23.5 Å². The summed E-state index contributed by atoms with van der Waals surface area (Å²) in [4.78, 5) is 71.7. The van der Waals surface area contributed by atoms with Gasteiger partial charge in [0.25, 0.3) is 5.91 Å². The van der Waals surface area contributed by atoms with Crippen molar-refractivity contribution in [3.8, 4) is 5.75 Å². The highest BCUT2D eigenvalue weighted by Gasteiger charge is 2.50. The Balaban J connectivity index is 1.60. The number of Topliss-reactive ketones (excluding diaryl/α,β-unsaturated/α-hetero) is 1. The topological polar surface area (TPSA) is 149 Å². The minimum Gasteiger partial charge on any atom is -0.497 e. The minimum absolute atomic E-state index is 0.0663. The van der Waals surface area contributed by atoms with Gasteiger partial charge < -0.3 is 30.9 Å². The number of likely N-dealkylation sites (tertiary alicyclic amines) is 1. The maximum atomic E-state index is 15.1. The fraction of sp³-hybridized carbons (Fsp3) is 0.696. The van der Waals surface area contributed by atoms with Crippen LogP contribution >= 0.6 is 10.7 Å². The summed E-state index contributed by atoms with van der Waals surface area (Å²) in [7, 11) is 1.45. The number of ketones is 1. The number of ether oxygens (including phenoxy) is 1. The molecule has 2 heterocycles. The van der Waals surface area contributed by atoms with Crippen molar-refractivity contribution in [2.24, 2.45) is 22.7 Å². The highest BCUT2D eigenvalue weighted by Crippen LogP contribution is 2.44. The van der Waals surface area contributed by atoms with E-state index >= 15 is 4.79 Å². The van der Waals surface area contributed by atoms with Crippen LogP contribution in [0.2, 0.25) is 0 Å². The lowest BCUT2D eigenvalue weighted by Gasteiger charge is -2.43. The molecule has 4 N–H and O–H groups in total. The van der Waals surface area contributed by atoms with Crippen molar-refractivity contribution in [3.05, 3.63) is 42.5 Å². The molecule has 59 heavy (non-hydrogen) atoms. The van der Waals surface area contributed by atoms with Gasteiger partial charge in [0.15, 0.2) is 0 Å². The lowest BCUT2D eigenvalue weighted by atomic mass is 9.70. The predicted molar refractivity (Wildman–Crippen MR) is 239 cm³/mol. The second kappa shape index (κ2) is 21.7. The average molecular weight is 839 g/mol. The number of carbonyl (C=O) groups excluding carboxylic acids is 5. The van der Waals surface area contributed by atoms with Gasteiger partial charge in [-0.05, 0) is 84.8 Å². The molecular weight excluding hydrogens is 765 g/mol. The molecule has 2 aliphatic heterocycles. The third-order valence-corrected chi connectivity index (χ3v) is 15.3. The maximum Gasteiger partial charge on any atom is 0.315 e. The summed E-state index contributed by atoms with van der Waals surface area (Å²) in [5, 5.41) is 14.5. The molecule has 0 spiro atoms. The standard InChI is InChI=1S/C46H74N6O6S/c1-11-14-18-35(38(53)42(55)47-27-12-2)48-41(54)37-34(31(4)5)23-29-52(37)43(56)40(46(9)25-16-15-17-26-46)50-44(57)49-39(45(6,7)8)36-24-28-51(59(36)13-3)30-32-19-21-33(58-10)22-20-32/h12-13,19-22,31,34-37,39-40H,2,11,14-18,23-30H2,1,3-10H3,(H,47,55)(H,48,54)(H2,49,50,57)/t34?,35?,36-,37-,39-,40+,59?/m0/s1. The lowest BCUT2D eigenvalue weighted by molar-refractivity contribution is -0.145. The molecule has 1 aliphatic carbocycles. The summed E-state index contributed by atoms with van der Waals surface area (Å²) in [5.74, 6) is -1.46. The molecule has 5 amide bonds. The first-order valence-corrected chi connectivity index (χ1v) is 23.3. The molecule has 0 aromatic heterocycles. The van der Waals surface area contributed by atoms with E-state index in [9.17, 15) is 19.2 Å². The van der Waals surface area contributed by atoms with Crippen LogP contribution in [0.5, 0.6) is 5.75 Å². The molecule has 4 rings (SSSR count). The molecule has 1 aromatic carbocycles. The molecule has 0 bridgehead atoms. The average Bonchev–Trinajstić information content (AvgIpc) is 3.84. The van der Waals surface area contributed by atoms with Crippen molar-refractivity contribution < 1.29 is 28.7 Å². The zero-order valence-electron chi connectivity index (χ0n) is 37.4. The molecule has 0 radical (unpaired) electrons. The van der Waals surface area contributed by atoms with Crippen LogP contribution in [-0.4, -0.2) is 100 Å². The largest absolute Gasteiger partial charge is 0.497 e. The van der Waals surface area contributed by atoms with Gasteiger partial charge in [0.2, 0.25) is 17.6 Å². The number of nitrogens with one attached hydrogen (secondary N) is 4. The molecule has 3 unspecified atom stereocenters. The summed E-state index contributed by atoms with van der Waals surface area (Å²) >= 11 is 0. The van der Waals surface area contributed by atoms with E-state index in [-0.39, 0.29) is 57.7 Å². The van der Waals surface area contributed by atoms with E-state index in [2.05, 4.69) is 84.3 Å². The Kier molecular flexibility index (Phi) is 17.6. The Hall–Kier alpha value is -3.71. The summed E-state index contributed by atoms with van der Waals surface area (Å²) in [5.41, 5.74) is 0.405. The summed E-state index contributed by atoms with van der Waals surface area (Å²) < 4.78 is 7.87. The first-order chi connectivity index (χ1) is 28.0. The fourth-order valence-electron chi connectivity index (χ4n) is 9.38. The van der Waals surface area contributed by atoms with Crippen LogP contribution < -0.4 is 26.0 Å². The van der Waals surface area contributed by atoms with Crippen LogP contribution in [0, 0.1) is 22.7 Å². The number of carbonyl (C=O) groups is 5. The number of nitrogens with zero attached hydrogens (tertiary/aromatic N) is 2. The van der Waals surface area contributed by atoms with Gasteiger partial charge >= 0.3 is 6.03 Å². The van der Waals surface area contributed by atoms with Gasteiger partial charge in [0, 0.05) is 37.5 Å². The van der Waals surface area contributed by atoms with Crippen LogP contribution in [-0.2, 0) is 25.7 Å². The van der Waals surface area contributed by atoms with Crippen LogP contribution in [0.15, 0.2) is 36.9 Å². The van der Waals surface area contributed by atoms with Gasteiger partial charge in [-0.15, -0.1) is 17.2 Å². The number of amides is 5. The highest BCUT2D eigenvalue weighted by atomic mass is 32.2. The van der Waals surface area contributed by atoms with Gasteiger partial charge in [0.1, 0.15) is 17.8 Å². The Morgan fingerprint density at radius 2 is 1.68 bits per heavy atom. The van der Waals surface area contributed by atoms with E-state index < -0.39 is 41.1 Å². The van der Waals surface area contributed by atoms with Gasteiger partial charge in [-0.2, -0.15) is 0 Å². The SMILES string of the molecule is C=CCNC(=O)C(=O)C(CCCC)NC(=O)[C@@H]1C(C(C)C)CCN1C(=O)[C@@H](NC(=O)N[C@@H]([C@@H]1CCN(Cc2ccc(OC)cc2)/S1=C/C)C(C)(C)C)C1(C)CCCCC1. The third-order valence-electron chi connectivity index (χ3n) is 12.8. The van der Waals surface area contributed by atoms with Crippen molar-refractivity contribution >= 4 is 45.6 Å².